The van der Waals surface area contributed by atoms with Gasteiger partial charge in [0.05, 0.1) is 0 Å². The molecule has 1 aliphatic rings. The Labute approximate surface area is 181 Å². The lowest BCUT2D eigenvalue weighted by Crippen LogP contribution is -2.39. The molecular formula is C21H35IN4O. The zero-order chi connectivity index (χ0) is 18.8. The van der Waals surface area contributed by atoms with Gasteiger partial charge in [0.15, 0.2) is 5.96 Å². The lowest BCUT2D eigenvalue weighted by molar-refractivity contribution is 0.0724. The summed E-state index contributed by atoms with van der Waals surface area (Å²) in [5, 5.41) is 6.74. The van der Waals surface area contributed by atoms with Gasteiger partial charge >= 0.3 is 0 Å². The third kappa shape index (κ3) is 7.68. The van der Waals surface area contributed by atoms with E-state index in [1.54, 1.807) is 7.05 Å². The number of guanidine groups is 1. The number of hydrogen-bond acceptors (Lipinski definition) is 2. The van der Waals surface area contributed by atoms with Crippen LogP contribution in [0.15, 0.2) is 29.3 Å². The number of benzene rings is 1. The number of amides is 1. The first-order valence-corrected chi connectivity index (χ1v) is 10.0. The summed E-state index contributed by atoms with van der Waals surface area (Å²) in [4.78, 5) is 18.8. The Morgan fingerprint density at radius 1 is 1.07 bits per heavy atom. The first-order chi connectivity index (χ1) is 12.7. The SMILES string of the molecule is CCC(CC)CNC(=NC)NCc1ccc(C(=O)N2CCCCC2)cc1.I. The van der Waals surface area contributed by atoms with Crippen molar-refractivity contribution in [1.29, 1.82) is 0 Å². The monoisotopic (exact) mass is 486 g/mol. The van der Waals surface area contributed by atoms with E-state index in [0.717, 1.165) is 49.6 Å². The summed E-state index contributed by atoms with van der Waals surface area (Å²) in [6, 6.07) is 7.93. The van der Waals surface area contributed by atoms with Gasteiger partial charge in [-0.25, -0.2) is 0 Å². The van der Waals surface area contributed by atoms with Crippen LogP contribution in [0.25, 0.3) is 0 Å². The number of likely N-dealkylation sites (tertiary alicyclic amines) is 1. The van der Waals surface area contributed by atoms with Gasteiger partial charge in [0, 0.05) is 38.8 Å². The molecule has 27 heavy (non-hydrogen) atoms. The Balaban J connectivity index is 0.00000364. The van der Waals surface area contributed by atoms with Crippen LogP contribution in [0.5, 0.6) is 0 Å². The number of carbonyl (C=O) groups excluding carboxylic acids is 1. The van der Waals surface area contributed by atoms with Gasteiger partial charge in [0.1, 0.15) is 0 Å². The molecule has 152 valence electrons. The van der Waals surface area contributed by atoms with Gasteiger partial charge in [-0.05, 0) is 42.9 Å². The van der Waals surface area contributed by atoms with Crippen molar-refractivity contribution >= 4 is 35.8 Å². The molecule has 0 unspecified atom stereocenters. The summed E-state index contributed by atoms with van der Waals surface area (Å²) in [7, 11) is 1.79. The van der Waals surface area contributed by atoms with Crippen molar-refractivity contribution in [2.75, 3.05) is 26.7 Å². The zero-order valence-electron chi connectivity index (χ0n) is 17.0. The highest BCUT2D eigenvalue weighted by Gasteiger charge is 2.17. The first-order valence-electron chi connectivity index (χ1n) is 10.0. The summed E-state index contributed by atoms with van der Waals surface area (Å²) < 4.78 is 0. The summed E-state index contributed by atoms with van der Waals surface area (Å²) in [5.74, 6) is 1.66. The molecule has 1 fully saturated rings. The number of aliphatic imine (C=N–C) groups is 1. The Kier molecular flexibility index (Phi) is 11.4. The van der Waals surface area contributed by atoms with Gasteiger partial charge in [-0.2, -0.15) is 0 Å². The molecule has 0 saturated carbocycles. The van der Waals surface area contributed by atoms with Crippen LogP contribution in [0.4, 0.5) is 0 Å². The maximum Gasteiger partial charge on any atom is 0.253 e. The zero-order valence-corrected chi connectivity index (χ0v) is 19.3. The lowest BCUT2D eigenvalue weighted by Gasteiger charge is -2.26. The molecule has 1 aromatic carbocycles. The topological polar surface area (TPSA) is 56.7 Å². The molecule has 2 rings (SSSR count). The molecule has 1 aliphatic heterocycles. The molecular weight excluding hydrogens is 451 g/mol. The van der Waals surface area contributed by atoms with E-state index in [1.165, 1.54) is 19.3 Å². The highest BCUT2D eigenvalue weighted by atomic mass is 127. The van der Waals surface area contributed by atoms with E-state index in [-0.39, 0.29) is 29.9 Å². The summed E-state index contributed by atoms with van der Waals surface area (Å²) in [6.07, 6.45) is 5.83. The van der Waals surface area contributed by atoms with Crippen LogP contribution in [0, 0.1) is 5.92 Å². The van der Waals surface area contributed by atoms with E-state index >= 15 is 0 Å². The fourth-order valence-corrected chi connectivity index (χ4v) is 3.27. The van der Waals surface area contributed by atoms with Crippen LogP contribution < -0.4 is 10.6 Å². The summed E-state index contributed by atoms with van der Waals surface area (Å²) >= 11 is 0. The fourth-order valence-electron chi connectivity index (χ4n) is 3.27. The Morgan fingerprint density at radius 2 is 1.70 bits per heavy atom. The van der Waals surface area contributed by atoms with Gasteiger partial charge in [0.2, 0.25) is 0 Å². The van der Waals surface area contributed by atoms with E-state index in [2.05, 4.69) is 29.5 Å². The molecule has 0 atom stereocenters. The van der Waals surface area contributed by atoms with Crippen LogP contribution in [-0.4, -0.2) is 43.4 Å². The number of halogens is 1. The normalized spacial score (nSPS) is 14.7. The van der Waals surface area contributed by atoms with E-state index < -0.39 is 0 Å². The molecule has 1 aromatic rings. The predicted octanol–water partition coefficient (Wildman–Crippen LogP) is 4.03. The second-order valence-corrected chi connectivity index (χ2v) is 7.04. The number of hydrogen-bond donors (Lipinski definition) is 2. The molecule has 1 saturated heterocycles. The Bertz CT molecular complexity index is 578. The van der Waals surface area contributed by atoms with Gasteiger partial charge in [0.25, 0.3) is 5.91 Å². The molecule has 0 aliphatic carbocycles. The van der Waals surface area contributed by atoms with Crippen molar-refractivity contribution in [2.45, 2.75) is 52.5 Å². The van der Waals surface area contributed by atoms with Crippen molar-refractivity contribution in [2.24, 2.45) is 10.9 Å². The quantitative estimate of drug-likeness (QED) is 0.348. The molecule has 0 radical (unpaired) electrons. The molecule has 1 amide bonds. The molecule has 0 bridgehead atoms. The third-order valence-corrected chi connectivity index (χ3v) is 5.24. The maximum atomic E-state index is 12.5. The van der Waals surface area contributed by atoms with Gasteiger partial charge in [-0.1, -0.05) is 38.8 Å². The van der Waals surface area contributed by atoms with Crippen molar-refractivity contribution in [3.63, 3.8) is 0 Å². The lowest BCUT2D eigenvalue weighted by atomic mass is 10.0. The highest BCUT2D eigenvalue weighted by molar-refractivity contribution is 14.0. The number of piperidine rings is 1. The fraction of sp³-hybridized carbons (Fsp3) is 0.619. The van der Waals surface area contributed by atoms with Crippen molar-refractivity contribution in [3.05, 3.63) is 35.4 Å². The average Bonchev–Trinajstić information content (AvgIpc) is 2.71. The van der Waals surface area contributed by atoms with E-state index in [0.29, 0.717) is 12.5 Å². The van der Waals surface area contributed by atoms with E-state index in [9.17, 15) is 4.79 Å². The van der Waals surface area contributed by atoms with Crippen LogP contribution >= 0.6 is 24.0 Å². The molecule has 2 N–H and O–H groups in total. The largest absolute Gasteiger partial charge is 0.356 e. The second kappa shape index (κ2) is 13.0. The van der Waals surface area contributed by atoms with Gasteiger partial charge in [-0.15, -0.1) is 24.0 Å². The van der Waals surface area contributed by atoms with E-state index in [1.807, 2.05) is 29.2 Å². The molecule has 6 heteroatoms. The van der Waals surface area contributed by atoms with Gasteiger partial charge < -0.3 is 15.5 Å². The molecule has 0 spiro atoms. The maximum absolute atomic E-state index is 12.5. The van der Waals surface area contributed by atoms with Gasteiger partial charge in [-0.3, -0.25) is 9.79 Å². The molecule has 0 aromatic heterocycles. The second-order valence-electron chi connectivity index (χ2n) is 7.04. The number of rotatable bonds is 7. The molecule has 1 heterocycles. The van der Waals surface area contributed by atoms with Crippen molar-refractivity contribution < 1.29 is 4.79 Å². The number of nitrogens with one attached hydrogen (secondary N) is 2. The van der Waals surface area contributed by atoms with Crippen LogP contribution in [-0.2, 0) is 6.54 Å². The minimum absolute atomic E-state index is 0. The van der Waals surface area contributed by atoms with E-state index in [4.69, 9.17) is 0 Å². The smallest absolute Gasteiger partial charge is 0.253 e. The summed E-state index contributed by atoms with van der Waals surface area (Å²) in [5.41, 5.74) is 1.93. The van der Waals surface area contributed by atoms with Crippen LogP contribution in [0.2, 0.25) is 0 Å². The van der Waals surface area contributed by atoms with Crippen LogP contribution in [0.3, 0.4) is 0 Å². The predicted molar refractivity (Wildman–Crippen MR) is 124 cm³/mol. The minimum Gasteiger partial charge on any atom is -0.356 e. The average molecular weight is 486 g/mol. The number of nitrogens with zero attached hydrogens (tertiary/aromatic N) is 2. The third-order valence-electron chi connectivity index (χ3n) is 5.24. The minimum atomic E-state index is 0. The number of carbonyl (C=O) groups is 1. The highest BCUT2D eigenvalue weighted by Crippen LogP contribution is 2.14. The summed E-state index contributed by atoms with van der Waals surface area (Å²) in [6.45, 7) is 7.86. The molecule has 5 nitrogen and oxygen atoms in total. The van der Waals surface area contributed by atoms with Crippen LogP contribution in [0.1, 0.15) is 61.9 Å². The van der Waals surface area contributed by atoms with Crippen molar-refractivity contribution in [3.8, 4) is 0 Å². The first kappa shape index (κ1) is 23.7. The standard InChI is InChI=1S/C21H34N4O.HI/c1-4-17(5-2)15-23-21(22-3)24-16-18-9-11-19(12-10-18)20(26)25-13-7-6-8-14-25;/h9-12,17H,4-8,13-16H2,1-3H3,(H2,22,23,24);1H. The Morgan fingerprint density at radius 3 is 2.26 bits per heavy atom. The van der Waals surface area contributed by atoms with Crippen molar-refractivity contribution in [1.82, 2.24) is 15.5 Å². The Hall–Kier alpha value is -1.31.